The van der Waals surface area contributed by atoms with E-state index in [1.54, 1.807) is 30.2 Å². The fourth-order valence-electron chi connectivity index (χ4n) is 2.60. The molecule has 23 heavy (non-hydrogen) atoms. The number of carbonyl (C=O) groups is 1. The molecule has 1 aliphatic rings. The molecule has 1 N–H and O–H groups in total. The van der Waals surface area contributed by atoms with Crippen LogP contribution >= 0.6 is 0 Å². The van der Waals surface area contributed by atoms with Crippen LogP contribution in [0, 0.1) is 5.82 Å². The molecule has 1 heterocycles. The van der Waals surface area contributed by atoms with E-state index in [9.17, 15) is 9.18 Å². The minimum absolute atomic E-state index is 0.102. The van der Waals surface area contributed by atoms with E-state index in [1.165, 1.54) is 6.07 Å². The Bertz CT molecular complexity index is 504. The SMILES string of the molecule is CCC(CNC(=O)N1CCC(OC)CC1)Oc1ccccc1F. The van der Waals surface area contributed by atoms with Gasteiger partial charge in [-0.2, -0.15) is 0 Å². The van der Waals surface area contributed by atoms with Gasteiger partial charge in [-0.05, 0) is 31.4 Å². The molecule has 5 nitrogen and oxygen atoms in total. The second-order valence-corrected chi connectivity index (χ2v) is 5.69. The molecule has 1 unspecified atom stereocenters. The molecule has 2 amide bonds. The largest absolute Gasteiger partial charge is 0.486 e. The van der Waals surface area contributed by atoms with Crippen LogP contribution in [0.25, 0.3) is 0 Å². The summed E-state index contributed by atoms with van der Waals surface area (Å²) in [4.78, 5) is 14.0. The topological polar surface area (TPSA) is 50.8 Å². The van der Waals surface area contributed by atoms with E-state index in [1.807, 2.05) is 6.92 Å². The number of likely N-dealkylation sites (tertiary alicyclic amines) is 1. The third-order valence-electron chi connectivity index (χ3n) is 4.13. The van der Waals surface area contributed by atoms with Gasteiger partial charge in [-0.3, -0.25) is 0 Å². The number of para-hydroxylation sites is 1. The Morgan fingerprint density at radius 2 is 2.09 bits per heavy atom. The standard InChI is InChI=1S/C17H25FN2O3/c1-3-13(23-16-7-5-4-6-15(16)18)12-19-17(21)20-10-8-14(22-2)9-11-20/h4-7,13-14H,3,8-12H2,1-2H3,(H,19,21). The van der Waals surface area contributed by atoms with Crippen LogP contribution in [0.5, 0.6) is 5.75 Å². The third kappa shape index (κ3) is 5.10. The molecule has 0 aliphatic carbocycles. The van der Waals surface area contributed by atoms with Gasteiger partial charge in [0.05, 0.1) is 12.6 Å². The van der Waals surface area contributed by atoms with Gasteiger partial charge in [0.25, 0.3) is 0 Å². The molecule has 0 aromatic heterocycles. The average molecular weight is 324 g/mol. The number of hydrogen-bond donors (Lipinski definition) is 1. The highest BCUT2D eigenvalue weighted by Crippen LogP contribution is 2.18. The predicted octanol–water partition coefficient (Wildman–Crippen LogP) is 2.80. The average Bonchev–Trinajstić information content (AvgIpc) is 2.60. The minimum atomic E-state index is -0.390. The van der Waals surface area contributed by atoms with E-state index in [0.29, 0.717) is 26.1 Å². The number of piperidine rings is 1. The summed E-state index contributed by atoms with van der Waals surface area (Å²) in [6.45, 7) is 3.68. The van der Waals surface area contributed by atoms with Gasteiger partial charge < -0.3 is 19.7 Å². The molecule has 0 saturated carbocycles. The predicted molar refractivity (Wildman–Crippen MR) is 86.1 cm³/mol. The zero-order chi connectivity index (χ0) is 16.7. The highest BCUT2D eigenvalue weighted by atomic mass is 19.1. The van der Waals surface area contributed by atoms with Crippen molar-refractivity contribution in [1.82, 2.24) is 10.2 Å². The maximum absolute atomic E-state index is 13.6. The van der Waals surface area contributed by atoms with Crippen LogP contribution in [0.15, 0.2) is 24.3 Å². The lowest BCUT2D eigenvalue weighted by Gasteiger charge is -2.31. The molecular formula is C17H25FN2O3. The molecule has 2 rings (SSSR count). The van der Waals surface area contributed by atoms with Gasteiger partial charge in [0, 0.05) is 20.2 Å². The zero-order valence-electron chi connectivity index (χ0n) is 13.8. The van der Waals surface area contributed by atoms with E-state index in [4.69, 9.17) is 9.47 Å². The minimum Gasteiger partial charge on any atom is -0.486 e. The molecule has 1 aromatic rings. The number of hydrogen-bond acceptors (Lipinski definition) is 3. The van der Waals surface area contributed by atoms with Crippen LogP contribution in [0.3, 0.4) is 0 Å². The van der Waals surface area contributed by atoms with Crippen molar-refractivity contribution in [2.45, 2.75) is 38.4 Å². The number of halogens is 1. The summed E-state index contributed by atoms with van der Waals surface area (Å²) in [7, 11) is 1.70. The third-order valence-corrected chi connectivity index (χ3v) is 4.13. The van der Waals surface area contributed by atoms with Gasteiger partial charge in [0.15, 0.2) is 11.6 Å². The van der Waals surface area contributed by atoms with Crippen LogP contribution in [-0.2, 0) is 4.74 Å². The van der Waals surface area contributed by atoms with Gasteiger partial charge >= 0.3 is 6.03 Å². The Morgan fingerprint density at radius 1 is 1.39 bits per heavy atom. The first-order valence-corrected chi connectivity index (χ1v) is 8.10. The Kier molecular flexibility index (Phi) is 6.65. The summed E-state index contributed by atoms with van der Waals surface area (Å²) in [6, 6.07) is 6.20. The van der Waals surface area contributed by atoms with E-state index in [0.717, 1.165) is 12.8 Å². The van der Waals surface area contributed by atoms with Crippen molar-refractivity contribution in [3.05, 3.63) is 30.1 Å². The number of benzene rings is 1. The van der Waals surface area contributed by atoms with Gasteiger partial charge in [-0.1, -0.05) is 19.1 Å². The smallest absolute Gasteiger partial charge is 0.317 e. The second kappa shape index (κ2) is 8.72. The quantitative estimate of drug-likeness (QED) is 0.875. The highest BCUT2D eigenvalue weighted by Gasteiger charge is 2.23. The van der Waals surface area contributed by atoms with Crippen molar-refractivity contribution in [2.75, 3.05) is 26.7 Å². The van der Waals surface area contributed by atoms with Crippen LogP contribution in [0.1, 0.15) is 26.2 Å². The number of rotatable bonds is 6. The molecule has 1 aliphatic heterocycles. The van der Waals surface area contributed by atoms with Gasteiger partial charge in [-0.25, -0.2) is 9.18 Å². The number of ether oxygens (including phenoxy) is 2. The summed E-state index contributed by atoms with van der Waals surface area (Å²) < 4.78 is 24.6. The van der Waals surface area contributed by atoms with Crippen molar-refractivity contribution in [3.63, 3.8) is 0 Å². The van der Waals surface area contributed by atoms with E-state index in [-0.39, 0.29) is 29.8 Å². The molecule has 6 heteroatoms. The number of methoxy groups -OCH3 is 1. The van der Waals surface area contributed by atoms with Crippen LogP contribution < -0.4 is 10.1 Å². The molecule has 1 aromatic carbocycles. The summed E-state index contributed by atoms with van der Waals surface area (Å²) in [5.74, 6) is -0.173. The number of amides is 2. The number of nitrogens with zero attached hydrogens (tertiary/aromatic N) is 1. The Balaban J connectivity index is 1.79. The van der Waals surface area contributed by atoms with Gasteiger partial charge in [0.2, 0.25) is 0 Å². The fourth-order valence-corrected chi connectivity index (χ4v) is 2.60. The van der Waals surface area contributed by atoms with Gasteiger partial charge in [0.1, 0.15) is 6.10 Å². The Hall–Kier alpha value is -1.82. The molecule has 1 atom stereocenters. The molecule has 0 radical (unpaired) electrons. The second-order valence-electron chi connectivity index (χ2n) is 5.69. The molecule has 128 valence electrons. The maximum atomic E-state index is 13.6. The van der Waals surface area contributed by atoms with Crippen LogP contribution in [0.4, 0.5) is 9.18 Å². The summed E-state index contributed by atoms with van der Waals surface area (Å²) in [5.41, 5.74) is 0. The first-order chi connectivity index (χ1) is 11.1. The lowest BCUT2D eigenvalue weighted by atomic mass is 10.1. The summed E-state index contributed by atoms with van der Waals surface area (Å²) >= 11 is 0. The molecular weight excluding hydrogens is 299 g/mol. The van der Waals surface area contributed by atoms with Crippen molar-refractivity contribution in [2.24, 2.45) is 0 Å². The lowest BCUT2D eigenvalue weighted by molar-refractivity contribution is 0.0499. The Labute approximate surface area is 136 Å². The van der Waals surface area contributed by atoms with E-state index < -0.39 is 0 Å². The van der Waals surface area contributed by atoms with E-state index >= 15 is 0 Å². The van der Waals surface area contributed by atoms with Crippen LogP contribution in [-0.4, -0.2) is 49.9 Å². The van der Waals surface area contributed by atoms with Crippen molar-refractivity contribution in [1.29, 1.82) is 0 Å². The van der Waals surface area contributed by atoms with E-state index in [2.05, 4.69) is 5.32 Å². The summed E-state index contributed by atoms with van der Waals surface area (Å²) in [5, 5.41) is 2.87. The molecule has 1 fully saturated rings. The fraction of sp³-hybridized carbons (Fsp3) is 0.588. The summed E-state index contributed by atoms with van der Waals surface area (Å²) in [6.07, 6.45) is 2.37. The molecule has 0 bridgehead atoms. The molecule has 1 saturated heterocycles. The number of urea groups is 1. The number of nitrogens with one attached hydrogen (secondary N) is 1. The maximum Gasteiger partial charge on any atom is 0.317 e. The highest BCUT2D eigenvalue weighted by molar-refractivity contribution is 5.74. The first kappa shape index (κ1) is 17.5. The Morgan fingerprint density at radius 3 is 2.70 bits per heavy atom. The molecule has 0 spiro atoms. The lowest BCUT2D eigenvalue weighted by Crippen LogP contribution is -2.48. The van der Waals surface area contributed by atoms with Crippen molar-refractivity contribution < 1.29 is 18.7 Å². The normalized spacial score (nSPS) is 16.9. The van der Waals surface area contributed by atoms with Gasteiger partial charge in [-0.15, -0.1) is 0 Å². The van der Waals surface area contributed by atoms with Crippen molar-refractivity contribution >= 4 is 6.03 Å². The monoisotopic (exact) mass is 324 g/mol. The first-order valence-electron chi connectivity index (χ1n) is 8.10. The van der Waals surface area contributed by atoms with Crippen molar-refractivity contribution in [3.8, 4) is 5.75 Å². The zero-order valence-corrected chi connectivity index (χ0v) is 13.8. The number of carbonyl (C=O) groups excluding carboxylic acids is 1. The van der Waals surface area contributed by atoms with Crippen LogP contribution in [0.2, 0.25) is 0 Å².